The fourth-order valence-electron chi connectivity index (χ4n) is 1.31. The van der Waals surface area contributed by atoms with Gasteiger partial charge in [0.15, 0.2) is 0 Å². The van der Waals surface area contributed by atoms with Crippen LogP contribution in [0.4, 0.5) is 13.2 Å². The van der Waals surface area contributed by atoms with Crippen LogP contribution in [0.5, 0.6) is 0 Å². The molecule has 0 saturated heterocycles. The van der Waals surface area contributed by atoms with Gasteiger partial charge < -0.3 is 5.32 Å². The second-order valence-corrected chi connectivity index (χ2v) is 5.48. The summed E-state index contributed by atoms with van der Waals surface area (Å²) < 4.78 is 39.5. The molecule has 2 nitrogen and oxygen atoms in total. The summed E-state index contributed by atoms with van der Waals surface area (Å²) in [7, 11) is 0. The van der Waals surface area contributed by atoms with Crippen molar-refractivity contribution >= 4 is 44.4 Å². The maximum absolute atomic E-state index is 12.8. The van der Waals surface area contributed by atoms with E-state index >= 15 is 0 Å². The summed E-state index contributed by atoms with van der Waals surface area (Å²) in [6, 6.07) is 3.50. The van der Waals surface area contributed by atoms with E-state index in [0.29, 0.717) is 11.0 Å². The third-order valence-corrected chi connectivity index (χ3v) is 3.38. The van der Waals surface area contributed by atoms with Gasteiger partial charge >= 0.3 is 6.18 Å². The highest BCUT2D eigenvalue weighted by Crippen LogP contribution is 2.33. The molecule has 0 heterocycles. The van der Waals surface area contributed by atoms with Gasteiger partial charge in [-0.15, -0.1) is 0 Å². The minimum atomic E-state index is -4.54. The van der Waals surface area contributed by atoms with Gasteiger partial charge in [-0.1, -0.05) is 38.5 Å². The molecule has 0 atom stereocenters. The van der Waals surface area contributed by atoms with Gasteiger partial charge in [-0.05, 0) is 24.6 Å². The van der Waals surface area contributed by atoms with Gasteiger partial charge in [0, 0.05) is 15.4 Å². The number of carbonyl (C=O) groups is 1. The number of hydrogen-bond acceptors (Lipinski definition) is 1. The van der Waals surface area contributed by atoms with Crippen LogP contribution in [0.15, 0.2) is 22.7 Å². The van der Waals surface area contributed by atoms with Crippen LogP contribution >= 0.6 is 38.5 Å². The standard InChI is InChI=1S/C11H10BrF3INO/c12-7-2-3-8(9(6-7)11(13,14)15)10(18)17-5-1-4-16/h2-3,6H,1,4-5H2,(H,17,18). The maximum Gasteiger partial charge on any atom is 0.417 e. The summed E-state index contributed by atoms with van der Waals surface area (Å²) in [6.07, 6.45) is -3.82. The Morgan fingerprint density at radius 3 is 2.61 bits per heavy atom. The first-order chi connectivity index (χ1) is 8.36. The van der Waals surface area contributed by atoms with Gasteiger partial charge in [-0.3, -0.25) is 4.79 Å². The number of halogens is 5. The molecular weight excluding hydrogens is 426 g/mol. The quantitative estimate of drug-likeness (QED) is 0.432. The number of nitrogens with one attached hydrogen (secondary N) is 1. The molecular formula is C11H10BrF3INO. The molecule has 100 valence electrons. The maximum atomic E-state index is 12.8. The lowest BCUT2D eigenvalue weighted by Crippen LogP contribution is -2.27. The summed E-state index contributed by atoms with van der Waals surface area (Å²) in [5.74, 6) is -0.695. The Balaban J connectivity index is 2.97. The number of rotatable bonds is 4. The Labute approximate surface area is 125 Å². The summed E-state index contributed by atoms with van der Waals surface area (Å²) in [6.45, 7) is 0.370. The molecule has 0 saturated carbocycles. The van der Waals surface area contributed by atoms with E-state index in [1.807, 2.05) is 0 Å². The summed E-state index contributed by atoms with van der Waals surface area (Å²) in [4.78, 5) is 11.7. The van der Waals surface area contributed by atoms with E-state index in [4.69, 9.17) is 0 Å². The van der Waals surface area contributed by atoms with Crippen molar-refractivity contribution in [2.45, 2.75) is 12.6 Å². The molecule has 0 aliphatic heterocycles. The Kier molecular flexibility index (Phi) is 5.90. The van der Waals surface area contributed by atoms with Crippen LogP contribution in [0.1, 0.15) is 22.3 Å². The summed E-state index contributed by atoms with van der Waals surface area (Å²) in [5.41, 5.74) is -1.27. The third-order valence-electron chi connectivity index (χ3n) is 2.13. The number of amides is 1. The zero-order valence-electron chi connectivity index (χ0n) is 9.15. The first-order valence-corrected chi connectivity index (χ1v) is 7.39. The fraction of sp³-hybridized carbons (Fsp3) is 0.364. The number of carbonyl (C=O) groups excluding carboxylic acids is 1. The molecule has 0 aliphatic carbocycles. The highest BCUT2D eigenvalue weighted by atomic mass is 127. The van der Waals surface area contributed by atoms with E-state index in [9.17, 15) is 18.0 Å². The molecule has 1 aromatic carbocycles. The molecule has 1 aromatic rings. The minimum absolute atomic E-state index is 0.290. The van der Waals surface area contributed by atoms with Gasteiger partial charge in [0.25, 0.3) is 5.91 Å². The molecule has 0 bridgehead atoms. The lowest BCUT2D eigenvalue weighted by Gasteiger charge is -2.13. The fourth-order valence-corrected chi connectivity index (χ4v) is 2.06. The summed E-state index contributed by atoms with van der Waals surface area (Å²) >= 11 is 5.10. The molecule has 0 radical (unpaired) electrons. The van der Waals surface area contributed by atoms with Gasteiger partial charge in [0.1, 0.15) is 0 Å². The number of hydrogen-bond donors (Lipinski definition) is 1. The van der Waals surface area contributed by atoms with Crippen molar-refractivity contribution in [1.29, 1.82) is 0 Å². The molecule has 18 heavy (non-hydrogen) atoms. The average molecular weight is 436 g/mol. The van der Waals surface area contributed by atoms with Gasteiger partial charge in [-0.25, -0.2) is 0 Å². The van der Waals surface area contributed by atoms with Crippen LogP contribution < -0.4 is 5.32 Å². The number of benzene rings is 1. The average Bonchev–Trinajstić information content (AvgIpc) is 2.28. The van der Waals surface area contributed by atoms with E-state index in [-0.39, 0.29) is 5.56 Å². The van der Waals surface area contributed by atoms with Crippen molar-refractivity contribution in [2.24, 2.45) is 0 Å². The van der Waals surface area contributed by atoms with Crippen LogP contribution in [-0.2, 0) is 6.18 Å². The lowest BCUT2D eigenvalue weighted by atomic mass is 10.1. The van der Waals surface area contributed by atoms with Crippen LogP contribution in [0, 0.1) is 0 Å². The molecule has 0 spiro atoms. The van der Waals surface area contributed by atoms with E-state index in [1.54, 1.807) is 0 Å². The normalized spacial score (nSPS) is 11.4. The minimum Gasteiger partial charge on any atom is -0.352 e. The monoisotopic (exact) mass is 435 g/mol. The molecule has 0 aromatic heterocycles. The van der Waals surface area contributed by atoms with Crippen molar-refractivity contribution in [2.75, 3.05) is 11.0 Å². The van der Waals surface area contributed by atoms with E-state index < -0.39 is 17.6 Å². The Morgan fingerprint density at radius 2 is 2.06 bits per heavy atom. The van der Waals surface area contributed by atoms with Crippen molar-refractivity contribution in [1.82, 2.24) is 5.32 Å². The van der Waals surface area contributed by atoms with Crippen LogP contribution in [-0.4, -0.2) is 16.9 Å². The Morgan fingerprint density at radius 1 is 1.39 bits per heavy atom. The van der Waals surface area contributed by atoms with E-state index in [2.05, 4.69) is 43.8 Å². The molecule has 0 aliphatic rings. The predicted molar refractivity (Wildman–Crippen MR) is 75.0 cm³/mol. The largest absolute Gasteiger partial charge is 0.417 e. The van der Waals surface area contributed by atoms with Crippen molar-refractivity contribution < 1.29 is 18.0 Å². The zero-order chi connectivity index (χ0) is 13.8. The Hall–Kier alpha value is -0.310. The smallest absolute Gasteiger partial charge is 0.352 e. The predicted octanol–water partition coefficient (Wildman–Crippen LogP) is 4.02. The highest BCUT2D eigenvalue weighted by Gasteiger charge is 2.35. The first kappa shape index (κ1) is 15.7. The van der Waals surface area contributed by atoms with Crippen molar-refractivity contribution in [3.05, 3.63) is 33.8 Å². The third kappa shape index (κ3) is 4.42. The zero-order valence-corrected chi connectivity index (χ0v) is 12.9. The molecule has 1 rings (SSSR count). The second kappa shape index (κ2) is 6.74. The molecule has 0 unspecified atom stereocenters. The lowest BCUT2D eigenvalue weighted by molar-refractivity contribution is -0.138. The molecule has 7 heteroatoms. The molecule has 1 amide bonds. The second-order valence-electron chi connectivity index (χ2n) is 3.49. The SMILES string of the molecule is O=C(NCCCI)c1ccc(Br)cc1C(F)(F)F. The van der Waals surface area contributed by atoms with Crippen LogP contribution in [0.25, 0.3) is 0 Å². The van der Waals surface area contributed by atoms with E-state index in [0.717, 1.165) is 16.9 Å². The van der Waals surface area contributed by atoms with Gasteiger partial charge in [0.2, 0.25) is 0 Å². The molecule has 1 N–H and O–H groups in total. The highest BCUT2D eigenvalue weighted by molar-refractivity contribution is 14.1. The van der Waals surface area contributed by atoms with Crippen molar-refractivity contribution in [3.63, 3.8) is 0 Å². The topological polar surface area (TPSA) is 29.1 Å². The van der Waals surface area contributed by atoms with Gasteiger partial charge in [0.05, 0.1) is 11.1 Å². The van der Waals surface area contributed by atoms with E-state index in [1.165, 1.54) is 12.1 Å². The van der Waals surface area contributed by atoms with Crippen LogP contribution in [0.3, 0.4) is 0 Å². The number of alkyl halides is 4. The summed E-state index contributed by atoms with van der Waals surface area (Å²) in [5, 5.41) is 2.47. The van der Waals surface area contributed by atoms with Crippen LogP contribution in [0.2, 0.25) is 0 Å². The first-order valence-electron chi connectivity index (χ1n) is 5.07. The van der Waals surface area contributed by atoms with Gasteiger partial charge in [-0.2, -0.15) is 13.2 Å². The molecule has 0 fully saturated rings. The van der Waals surface area contributed by atoms with Crippen molar-refractivity contribution in [3.8, 4) is 0 Å². The Bertz CT molecular complexity index is 437.